The van der Waals surface area contributed by atoms with Crippen molar-refractivity contribution < 1.29 is 24.5 Å². The van der Waals surface area contributed by atoms with Gasteiger partial charge in [-0.05, 0) is 24.6 Å². The lowest BCUT2D eigenvalue weighted by Crippen LogP contribution is -2.22. The maximum Gasteiger partial charge on any atom is 0.338 e. The van der Waals surface area contributed by atoms with Gasteiger partial charge in [-0.15, -0.1) is 0 Å². The van der Waals surface area contributed by atoms with Gasteiger partial charge in [-0.3, -0.25) is 0 Å². The zero-order chi connectivity index (χ0) is 18.7. The number of nitrogens with zero attached hydrogens (tertiary/aromatic N) is 2. The fourth-order valence-corrected chi connectivity index (χ4v) is 1.66. The first kappa shape index (κ1) is 20.0. The number of allylic oxidation sites excluding steroid dienone is 1. The molecule has 3 N–H and O–H groups in total. The maximum atomic E-state index is 12.0. The SMILES string of the molecule is CCCOc1ccc(C(=O)OCC(O)CO)cc1NC=C(C#N)C#N. The molecule has 25 heavy (non-hydrogen) atoms. The van der Waals surface area contributed by atoms with E-state index in [0.717, 1.165) is 6.42 Å². The predicted molar refractivity (Wildman–Crippen MR) is 88.5 cm³/mol. The summed E-state index contributed by atoms with van der Waals surface area (Å²) < 4.78 is 10.4. The Kier molecular flexibility index (Phi) is 8.52. The number of aliphatic hydroxyl groups excluding tert-OH is 2. The molecule has 0 radical (unpaired) electrons. The van der Waals surface area contributed by atoms with E-state index in [0.29, 0.717) is 18.0 Å². The molecule has 0 amide bonds. The van der Waals surface area contributed by atoms with Crippen LogP contribution in [0, 0.1) is 22.7 Å². The number of carbonyl (C=O) groups excluding carboxylic acids is 1. The van der Waals surface area contributed by atoms with E-state index in [-0.39, 0.29) is 17.7 Å². The second-order valence-electron chi connectivity index (χ2n) is 4.92. The topological polar surface area (TPSA) is 136 Å². The smallest absolute Gasteiger partial charge is 0.338 e. The minimum absolute atomic E-state index is 0.138. The van der Waals surface area contributed by atoms with Crippen LogP contribution in [0.4, 0.5) is 5.69 Å². The van der Waals surface area contributed by atoms with Gasteiger partial charge in [-0.2, -0.15) is 10.5 Å². The molecule has 0 saturated heterocycles. The Labute approximate surface area is 145 Å². The van der Waals surface area contributed by atoms with Crippen LogP contribution >= 0.6 is 0 Å². The molecule has 0 bridgehead atoms. The molecule has 0 heterocycles. The zero-order valence-corrected chi connectivity index (χ0v) is 13.7. The number of hydrogen-bond acceptors (Lipinski definition) is 8. The van der Waals surface area contributed by atoms with Crippen molar-refractivity contribution in [3.63, 3.8) is 0 Å². The van der Waals surface area contributed by atoms with E-state index in [1.54, 1.807) is 18.2 Å². The first-order valence-corrected chi connectivity index (χ1v) is 7.55. The van der Waals surface area contributed by atoms with Gasteiger partial charge < -0.3 is 25.0 Å². The van der Waals surface area contributed by atoms with Gasteiger partial charge in [0.15, 0.2) is 0 Å². The van der Waals surface area contributed by atoms with Crippen LogP contribution in [0.3, 0.4) is 0 Å². The van der Waals surface area contributed by atoms with Crippen molar-refractivity contribution in [3.8, 4) is 17.9 Å². The third kappa shape index (κ3) is 6.51. The Morgan fingerprint density at radius 3 is 2.72 bits per heavy atom. The normalized spacial score (nSPS) is 10.8. The van der Waals surface area contributed by atoms with Gasteiger partial charge in [0, 0.05) is 6.20 Å². The quantitative estimate of drug-likeness (QED) is 0.450. The zero-order valence-electron chi connectivity index (χ0n) is 13.7. The number of aliphatic hydroxyl groups is 2. The molecule has 1 aromatic rings. The molecule has 0 aliphatic heterocycles. The number of ether oxygens (including phenoxy) is 2. The van der Waals surface area contributed by atoms with E-state index >= 15 is 0 Å². The molecule has 8 nitrogen and oxygen atoms in total. The van der Waals surface area contributed by atoms with E-state index in [1.807, 2.05) is 6.92 Å². The Morgan fingerprint density at radius 2 is 2.12 bits per heavy atom. The second kappa shape index (κ2) is 10.7. The summed E-state index contributed by atoms with van der Waals surface area (Å²) in [6.45, 7) is 1.54. The van der Waals surface area contributed by atoms with Crippen molar-refractivity contribution in [2.45, 2.75) is 19.4 Å². The van der Waals surface area contributed by atoms with Crippen molar-refractivity contribution >= 4 is 11.7 Å². The van der Waals surface area contributed by atoms with Crippen LogP contribution < -0.4 is 10.1 Å². The van der Waals surface area contributed by atoms with Crippen molar-refractivity contribution in [1.29, 1.82) is 10.5 Å². The Morgan fingerprint density at radius 1 is 1.40 bits per heavy atom. The fourth-order valence-electron chi connectivity index (χ4n) is 1.66. The van der Waals surface area contributed by atoms with Gasteiger partial charge >= 0.3 is 5.97 Å². The summed E-state index contributed by atoms with van der Waals surface area (Å²) in [7, 11) is 0. The van der Waals surface area contributed by atoms with Crippen LogP contribution in [0.1, 0.15) is 23.7 Å². The highest BCUT2D eigenvalue weighted by Gasteiger charge is 2.13. The summed E-state index contributed by atoms with van der Waals surface area (Å²) in [5, 5.41) is 38.3. The van der Waals surface area contributed by atoms with Crippen LogP contribution in [-0.2, 0) is 4.74 Å². The molecule has 0 saturated carbocycles. The minimum Gasteiger partial charge on any atom is -0.491 e. The number of anilines is 1. The molecule has 132 valence electrons. The summed E-state index contributed by atoms with van der Waals surface area (Å²) in [4.78, 5) is 12.0. The van der Waals surface area contributed by atoms with Gasteiger partial charge in [0.25, 0.3) is 0 Å². The third-order valence-corrected chi connectivity index (χ3v) is 2.91. The molecule has 1 rings (SSSR count). The monoisotopic (exact) mass is 345 g/mol. The second-order valence-corrected chi connectivity index (χ2v) is 4.92. The Hall–Kier alpha value is -3.07. The van der Waals surface area contributed by atoms with E-state index < -0.39 is 18.7 Å². The number of esters is 1. The van der Waals surface area contributed by atoms with E-state index in [1.165, 1.54) is 18.3 Å². The molecule has 1 aromatic carbocycles. The third-order valence-electron chi connectivity index (χ3n) is 2.91. The van der Waals surface area contributed by atoms with Gasteiger partial charge in [-0.1, -0.05) is 6.92 Å². The average Bonchev–Trinajstić information content (AvgIpc) is 2.65. The lowest BCUT2D eigenvalue weighted by atomic mass is 10.2. The van der Waals surface area contributed by atoms with Gasteiger partial charge in [0.05, 0.1) is 24.5 Å². The fraction of sp³-hybridized carbons (Fsp3) is 0.353. The first-order valence-electron chi connectivity index (χ1n) is 7.55. The summed E-state index contributed by atoms with van der Waals surface area (Å²) in [6, 6.07) is 7.92. The van der Waals surface area contributed by atoms with Crippen LogP contribution in [0.25, 0.3) is 0 Å². The van der Waals surface area contributed by atoms with Gasteiger partial charge in [0.1, 0.15) is 36.2 Å². The van der Waals surface area contributed by atoms with Crippen molar-refractivity contribution in [2.24, 2.45) is 0 Å². The van der Waals surface area contributed by atoms with E-state index in [2.05, 4.69) is 5.32 Å². The molecular formula is C17H19N3O5. The van der Waals surface area contributed by atoms with Gasteiger partial charge in [-0.25, -0.2) is 4.79 Å². The van der Waals surface area contributed by atoms with Crippen molar-refractivity contribution in [3.05, 3.63) is 35.5 Å². The van der Waals surface area contributed by atoms with Crippen molar-refractivity contribution in [2.75, 3.05) is 25.1 Å². The number of rotatable bonds is 9. The number of nitrogens with one attached hydrogen (secondary N) is 1. The van der Waals surface area contributed by atoms with E-state index in [9.17, 15) is 9.90 Å². The van der Waals surface area contributed by atoms with Gasteiger partial charge in [0.2, 0.25) is 0 Å². The van der Waals surface area contributed by atoms with Crippen molar-refractivity contribution in [1.82, 2.24) is 0 Å². The first-order chi connectivity index (χ1) is 12.0. The molecule has 1 atom stereocenters. The molecule has 0 aliphatic carbocycles. The lowest BCUT2D eigenvalue weighted by Gasteiger charge is -2.13. The molecule has 0 aliphatic rings. The van der Waals surface area contributed by atoms with Crippen LogP contribution in [0.5, 0.6) is 5.75 Å². The number of carbonyl (C=O) groups is 1. The molecule has 0 aromatic heterocycles. The van der Waals surface area contributed by atoms with Crippen LogP contribution in [-0.4, -0.2) is 42.1 Å². The minimum atomic E-state index is -1.15. The standard InChI is InChI=1S/C17H19N3O5/c1-2-5-24-16-4-3-13(17(23)25-11-14(22)10-21)6-15(16)20-9-12(7-18)8-19/h3-4,6,9,14,20-22H,2,5,10-11H2,1H3. The van der Waals surface area contributed by atoms with Crippen LogP contribution in [0.15, 0.2) is 30.0 Å². The molecular weight excluding hydrogens is 326 g/mol. The molecule has 0 fully saturated rings. The van der Waals surface area contributed by atoms with E-state index in [4.69, 9.17) is 25.1 Å². The largest absolute Gasteiger partial charge is 0.491 e. The molecule has 8 heteroatoms. The highest BCUT2D eigenvalue weighted by atomic mass is 16.5. The number of benzene rings is 1. The maximum absolute atomic E-state index is 12.0. The number of nitriles is 2. The Balaban J connectivity index is 3.00. The highest BCUT2D eigenvalue weighted by Crippen LogP contribution is 2.27. The highest BCUT2D eigenvalue weighted by molar-refractivity contribution is 5.91. The number of hydrogen-bond donors (Lipinski definition) is 3. The van der Waals surface area contributed by atoms with Crippen LogP contribution in [0.2, 0.25) is 0 Å². The molecule has 0 spiro atoms. The summed E-state index contributed by atoms with van der Waals surface area (Å²) in [5.41, 5.74) is 0.425. The lowest BCUT2D eigenvalue weighted by molar-refractivity contribution is 0.00933. The predicted octanol–water partition coefficient (Wildman–Crippen LogP) is 1.33. The molecule has 1 unspecified atom stereocenters. The Bertz CT molecular complexity index is 687. The average molecular weight is 345 g/mol. The summed E-state index contributed by atoms with van der Waals surface area (Å²) >= 11 is 0. The summed E-state index contributed by atoms with van der Waals surface area (Å²) in [6.07, 6.45) is 0.837. The summed E-state index contributed by atoms with van der Waals surface area (Å²) in [5.74, 6) is -0.248.